The van der Waals surface area contributed by atoms with E-state index in [2.05, 4.69) is 41.4 Å². The Morgan fingerprint density at radius 3 is 2.38 bits per heavy atom. The molecule has 2 aromatic heterocycles. The van der Waals surface area contributed by atoms with Crippen LogP contribution >= 0.6 is 0 Å². The summed E-state index contributed by atoms with van der Waals surface area (Å²) < 4.78 is 6.05. The molecule has 1 aliphatic rings. The van der Waals surface area contributed by atoms with Crippen LogP contribution in [0.3, 0.4) is 0 Å². The van der Waals surface area contributed by atoms with Crippen molar-refractivity contribution in [3.8, 4) is 34.0 Å². The molecule has 98 valence electrons. The molecule has 0 spiro atoms. The monoisotopic (exact) mass is 270 g/mol. The number of hydrogen-bond acceptors (Lipinski definition) is 3. The standard InChI is InChI=1S/C18H10N2O/c1-3-11-4-2-6-14-15(11)13(5-1)16-17(14)21-18(20-16)12-7-9-19-10-8-12/h1-10H. The lowest BCUT2D eigenvalue weighted by atomic mass is 10.0. The molecule has 0 unspecified atom stereocenters. The summed E-state index contributed by atoms with van der Waals surface area (Å²) >= 11 is 0. The van der Waals surface area contributed by atoms with Gasteiger partial charge in [-0.2, -0.15) is 0 Å². The number of pyridine rings is 1. The van der Waals surface area contributed by atoms with Crippen molar-refractivity contribution in [2.24, 2.45) is 0 Å². The van der Waals surface area contributed by atoms with Gasteiger partial charge in [-0.15, -0.1) is 0 Å². The van der Waals surface area contributed by atoms with E-state index in [1.54, 1.807) is 12.4 Å². The van der Waals surface area contributed by atoms with Crippen molar-refractivity contribution < 1.29 is 4.42 Å². The number of hydrogen-bond donors (Lipinski definition) is 0. The Labute approximate surface area is 120 Å². The van der Waals surface area contributed by atoms with Crippen LogP contribution in [0.15, 0.2) is 65.3 Å². The minimum Gasteiger partial charge on any atom is -0.435 e. The van der Waals surface area contributed by atoms with Crippen molar-refractivity contribution >= 4 is 10.8 Å². The van der Waals surface area contributed by atoms with Crippen LogP contribution in [0.2, 0.25) is 0 Å². The summed E-state index contributed by atoms with van der Waals surface area (Å²) in [5, 5.41) is 2.46. The van der Waals surface area contributed by atoms with Gasteiger partial charge in [0.05, 0.1) is 0 Å². The topological polar surface area (TPSA) is 38.9 Å². The Hall–Kier alpha value is -2.94. The smallest absolute Gasteiger partial charge is 0.227 e. The highest BCUT2D eigenvalue weighted by Gasteiger charge is 2.27. The van der Waals surface area contributed by atoms with Crippen molar-refractivity contribution in [3.05, 3.63) is 60.9 Å². The fourth-order valence-electron chi connectivity index (χ4n) is 3.03. The third-order valence-corrected chi connectivity index (χ3v) is 3.96. The maximum atomic E-state index is 6.05. The molecule has 3 nitrogen and oxygen atoms in total. The SMILES string of the molecule is c1cc2c3c(cccc3c1)-c1oc(-c3ccncc3)nc1-2. The van der Waals surface area contributed by atoms with Gasteiger partial charge >= 0.3 is 0 Å². The molecule has 0 radical (unpaired) electrons. The lowest BCUT2D eigenvalue weighted by Gasteiger charge is -2.01. The predicted octanol–water partition coefficient (Wildman–Crippen LogP) is 4.54. The van der Waals surface area contributed by atoms with E-state index in [4.69, 9.17) is 9.40 Å². The van der Waals surface area contributed by atoms with E-state index in [0.717, 1.165) is 28.1 Å². The van der Waals surface area contributed by atoms with Crippen LogP contribution in [0.4, 0.5) is 0 Å². The van der Waals surface area contributed by atoms with Gasteiger partial charge in [0.2, 0.25) is 5.89 Å². The summed E-state index contributed by atoms with van der Waals surface area (Å²) in [5.41, 5.74) is 4.17. The van der Waals surface area contributed by atoms with Crippen molar-refractivity contribution in [3.63, 3.8) is 0 Å². The van der Waals surface area contributed by atoms with E-state index in [9.17, 15) is 0 Å². The maximum absolute atomic E-state index is 6.05. The van der Waals surface area contributed by atoms with Gasteiger partial charge in [-0.3, -0.25) is 4.98 Å². The van der Waals surface area contributed by atoms with Gasteiger partial charge in [0.25, 0.3) is 0 Å². The average molecular weight is 270 g/mol. The molecule has 5 rings (SSSR count). The largest absolute Gasteiger partial charge is 0.435 e. The molecule has 1 aliphatic carbocycles. The molecule has 0 saturated carbocycles. The number of nitrogens with zero attached hydrogens (tertiary/aromatic N) is 2. The van der Waals surface area contributed by atoms with Crippen LogP contribution in [0, 0.1) is 0 Å². The molecule has 0 fully saturated rings. The first kappa shape index (κ1) is 10.8. The Morgan fingerprint density at radius 1 is 0.810 bits per heavy atom. The van der Waals surface area contributed by atoms with E-state index in [1.807, 2.05) is 12.1 Å². The second kappa shape index (κ2) is 3.79. The molecular formula is C18H10N2O. The highest BCUT2D eigenvalue weighted by atomic mass is 16.4. The minimum absolute atomic E-state index is 0.647. The van der Waals surface area contributed by atoms with Crippen molar-refractivity contribution in [1.29, 1.82) is 0 Å². The highest BCUT2D eigenvalue weighted by molar-refractivity contribution is 6.13. The Bertz CT molecular complexity index is 930. The zero-order valence-electron chi connectivity index (χ0n) is 11.1. The van der Waals surface area contributed by atoms with Gasteiger partial charge in [0, 0.05) is 34.5 Å². The van der Waals surface area contributed by atoms with Crippen LogP contribution in [0.5, 0.6) is 0 Å². The molecule has 3 heteroatoms. The maximum Gasteiger partial charge on any atom is 0.227 e. The quantitative estimate of drug-likeness (QED) is 0.449. The molecule has 0 bridgehead atoms. The van der Waals surface area contributed by atoms with Crippen LogP contribution in [0.1, 0.15) is 0 Å². The summed E-state index contributed by atoms with van der Waals surface area (Å²) in [6.45, 7) is 0. The van der Waals surface area contributed by atoms with Gasteiger partial charge in [-0.05, 0) is 17.5 Å². The van der Waals surface area contributed by atoms with Crippen LogP contribution in [-0.2, 0) is 0 Å². The molecule has 2 aromatic carbocycles. The predicted molar refractivity (Wildman–Crippen MR) is 81.7 cm³/mol. The molecule has 0 N–H and O–H groups in total. The van der Waals surface area contributed by atoms with Gasteiger partial charge in [-0.25, -0.2) is 4.98 Å². The molecule has 4 aromatic rings. The third kappa shape index (κ3) is 1.37. The van der Waals surface area contributed by atoms with Crippen molar-refractivity contribution in [1.82, 2.24) is 9.97 Å². The number of benzene rings is 2. The van der Waals surface area contributed by atoms with Gasteiger partial charge in [-0.1, -0.05) is 36.4 Å². The second-order valence-electron chi connectivity index (χ2n) is 5.14. The van der Waals surface area contributed by atoms with Crippen molar-refractivity contribution in [2.75, 3.05) is 0 Å². The molecule has 0 aliphatic heterocycles. The van der Waals surface area contributed by atoms with Crippen LogP contribution < -0.4 is 0 Å². The summed E-state index contributed by atoms with van der Waals surface area (Å²) in [5.74, 6) is 1.52. The summed E-state index contributed by atoms with van der Waals surface area (Å²) in [6, 6.07) is 16.4. The number of aromatic nitrogens is 2. The van der Waals surface area contributed by atoms with Crippen LogP contribution in [-0.4, -0.2) is 9.97 Å². The zero-order valence-corrected chi connectivity index (χ0v) is 11.1. The van der Waals surface area contributed by atoms with Gasteiger partial charge < -0.3 is 4.42 Å². The Kier molecular flexibility index (Phi) is 1.95. The van der Waals surface area contributed by atoms with E-state index in [0.29, 0.717) is 5.89 Å². The van der Waals surface area contributed by atoms with Gasteiger partial charge in [0.1, 0.15) is 5.69 Å². The molecule has 21 heavy (non-hydrogen) atoms. The lowest BCUT2D eigenvalue weighted by molar-refractivity contribution is 0.590. The Balaban J connectivity index is 1.82. The van der Waals surface area contributed by atoms with Crippen molar-refractivity contribution in [2.45, 2.75) is 0 Å². The van der Waals surface area contributed by atoms with Crippen LogP contribution in [0.25, 0.3) is 44.8 Å². The Morgan fingerprint density at radius 2 is 1.57 bits per heavy atom. The fourth-order valence-corrected chi connectivity index (χ4v) is 3.03. The van der Waals surface area contributed by atoms with Gasteiger partial charge in [0.15, 0.2) is 5.76 Å². The van der Waals surface area contributed by atoms with E-state index in [-0.39, 0.29) is 0 Å². The van der Waals surface area contributed by atoms with E-state index in [1.165, 1.54) is 10.8 Å². The molecule has 2 heterocycles. The summed E-state index contributed by atoms with van der Waals surface area (Å²) in [6.07, 6.45) is 3.50. The first-order valence-electron chi connectivity index (χ1n) is 6.85. The summed E-state index contributed by atoms with van der Waals surface area (Å²) in [4.78, 5) is 8.74. The van der Waals surface area contributed by atoms with E-state index < -0.39 is 0 Å². The number of oxazole rings is 1. The molecule has 0 atom stereocenters. The third-order valence-electron chi connectivity index (χ3n) is 3.96. The number of rotatable bonds is 1. The zero-order chi connectivity index (χ0) is 13.8. The minimum atomic E-state index is 0.647. The normalized spacial score (nSPS) is 11.8. The highest BCUT2D eigenvalue weighted by Crippen LogP contribution is 2.48. The molecule has 0 saturated heterocycles. The average Bonchev–Trinajstić information content (AvgIpc) is 3.10. The summed E-state index contributed by atoms with van der Waals surface area (Å²) in [7, 11) is 0. The lowest BCUT2D eigenvalue weighted by Crippen LogP contribution is -1.81. The second-order valence-corrected chi connectivity index (χ2v) is 5.14. The number of fused-ring (bicyclic) bond motifs is 3. The first-order valence-corrected chi connectivity index (χ1v) is 6.85. The first-order chi connectivity index (χ1) is 10.4. The molecule has 0 amide bonds. The molecular weight excluding hydrogens is 260 g/mol. The fraction of sp³-hybridized carbons (Fsp3) is 0. The van der Waals surface area contributed by atoms with E-state index >= 15 is 0 Å².